The number of hydrogen-bond acceptors (Lipinski definition) is 2. The van der Waals surface area contributed by atoms with Gasteiger partial charge in [0.25, 0.3) is 0 Å². The van der Waals surface area contributed by atoms with Gasteiger partial charge >= 0.3 is 0 Å². The summed E-state index contributed by atoms with van der Waals surface area (Å²) in [5.41, 5.74) is 2.45. The molecule has 2 nitrogen and oxygen atoms in total. The first-order chi connectivity index (χ1) is 9.92. The second kappa shape index (κ2) is 6.58. The highest BCUT2D eigenvalue weighted by Gasteiger charge is 2.14. The summed E-state index contributed by atoms with van der Waals surface area (Å²) in [4.78, 5) is 0. The van der Waals surface area contributed by atoms with Crippen LogP contribution < -0.4 is 4.74 Å². The van der Waals surface area contributed by atoms with E-state index in [1.165, 1.54) is 24.0 Å². The molecule has 1 aliphatic rings. The predicted octanol–water partition coefficient (Wildman–Crippen LogP) is 4.30. The first-order valence-corrected chi connectivity index (χ1v) is 7.32. The average molecular weight is 268 g/mol. The number of rotatable bonds is 4. The maximum Gasteiger partial charge on any atom is 0.119 e. The lowest BCUT2D eigenvalue weighted by molar-refractivity contribution is -0.0110. The average Bonchev–Trinajstić information content (AvgIpc) is 2.55. The molecule has 1 heterocycles. The molecule has 2 aromatic rings. The zero-order chi connectivity index (χ0) is 13.6. The van der Waals surface area contributed by atoms with Crippen LogP contribution in [0.15, 0.2) is 54.6 Å². The topological polar surface area (TPSA) is 18.5 Å². The third kappa shape index (κ3) is 3.40. The van der Waals surface area contributed by atoms with E-state index >= 15 is 0 Å². The van der Waals surface area contributed by atoms with Crippen LogP contribution in [-0.4, -0.2) is 19.3 Å². The predicted molar refractivity (Wildman–Crippen MR) is 81.0 cm³/mol. The minimum atomic E-state index is 0.262. The van der Waals surface area contributed by atoms with Crippen molar-refractivity contribution in [2.45, 2.75) is 25.4 Å². The third-order valence-electron chi connectivity index (χ3n) is 3.67. The Bertz CT molecular complexity index is 513. The van der Waals surface area contributed by atoms with Crippen LogP contribution in [0.25, 0.3) is 11.1 Å². The van der Waals surface area contributed by atoms with Crippen molar-refractivity contribution in [1.82, 2.24) is 0 Å². The van der Waals surface area contributed by atoms with E-state index in [-0.39, 0.29) is 6.10 Å². The van der Waals surface area contributed by atoms with E-state index < -0.39 is 0 Å². The quantitative estimate of drug-likeness (QED) is 0.823. The Morgan fingerprint density at radius 2 is 1.65 bits per heavy atom. The van der Waals surface area contributed by atoms with Crippen LogP contribution in [-0.2, 0) is 4.74 Å². The molecule has 0 bridgehead atoms. The van der Waals surface area contributed by atoms with Gasteiger partial charge in [0.15, 0.2) is 0 Å². The van der Waals surface area contributed by atoms with Gasteiger partial charge in [-0.25, -0.2) is 0 Å². The SMILES string of the molecule is c1ccc(-c2ccc(OCC3CCCCO3)cc2)cc1. The summed E-state index contributed by atoms with van der Waals surface area (Å²) in [6.07, 6.45) is 3.81. The van der Waals surface area contributed by atoms with Gasteiger partial charge in [0, 0.05) is 6.61 Å². The highest BCUT2D eigenvalue weighted by molar-refractivity contribution is 5.63. The number of hydrogen-bond donors (Lipinski definition) is 0. The molecule has 0 amide bonds. The molecule has 1 atom stereocenters. The van der Waals surface area contributed by atoms with Crippen LogP contribution in [0.2, 0.25) is 0 Å². The fraction of sp³-hybridized carbons (Fsp3) is 0.333. The van der Waals surface area contributed by atoms with Crippen LogP contribution >= 0.6 is 0 Å². The van der Waals surface area contributed by atoms with Crippen LogP contribution in [0.4, 0.5) is 0 Å². The molecule has 0 aromatic heterocycles. The van der Waals surface area contributed by atoms with Gasteiger partial charge in [0.1, 0.15) is 12.4 Å². The maximum absolute atomic E-state index is 5.81. The van der Waals surface area contributed by atoms with Crippen molar-refractivity contribution in [2.24, 2.45) is 0 Å². The van der Waals surface area contributed by atoms with Gasteiger partial charge in [-0.3, -0.25) is 0 Å². The molecule has 1 unspecified atom stereocenters. The van der Waals surface area contributed by atoms with Crippen molar-refractivity contribution in [3.05, 3.63) is 54.6 Å². The molecule has 3 rings (SSSR count). The van der Waals surface area contributed by atoms with E-state index in [0.717, 1.165) is 18.8 Å². The summed E-state index contributed by atoms with van der Waals surface area (Å²) in [6, 6.07) is 18.7. The summed E-state index contributed by atoms with van der Waals surface area (Å²) < 4.78 is 11.5. The van der Waals surface area contributed by atoms with Crippen molar-refractivity contribution in [2.75, 3.05) is 13.2 Å². The highest BCUT2D eigenvalue weighted by Crippen LogP contribution is 2.22. The Labute approximate surface area is 120 Å². The lowest BCUT2D eigenvalue weighted by Gasteiger charge is -2.22. The largest absolute Gasteiger partial charge is 0.491 e. The zero-order valence-corrected chi connectivity index (χ0v) is 11.6. The van der Waals surface area contributed by atoms with Gasteiger partial charge in [0.05, 0.1) is 6.10 Å². The monoisotopic (exact) mass is 268 g/mol. The number of benzene rings is 2. The maximum atomic E-state index is 5.81. The molecule has 1 fully saturated rings. The van der Waals surface area contributed by atoms with E-state index in [4.69, 9.17) is 9.47 Å². The molecule has 1 saturated heterocycles. The van der Waals surface area contributed by atoms with Gasteiger partial charge in [-0.2, -0.15) is 0 Å². The van der Waals surface area contributed by atoms with Gasteiger partial charge < -0.3 is 9.47 Å². The molecule has 2 aromatic carbocycles. The van der Waals surface area contributed by atoms with Crippen molar-refractivity contribution < 1.29 is 9.47 Å². The van der Waals surface area contributed by atoms with E-state index in [1.807, 2.05) is 18.2 Å². The molecule has 104 valence electrons. The first-order valence-electron chi connectivity index (χ1n) is 7.32. The second-order valence-corrected chi connectivity index (χ2v) is 5.19. The summed E-state index contributed by atoms with van der Waals surface area (Å²) in [7, 11) is 0. The Morgan fingerprint density at radius 1 is 0.900 bits per heavy atom. The Balaban J connectivity index is 1.58. The lowest BCUT2D eigenvalue weighted by atomic mass is 10.1. The van der Waals surface area contributed by atoms with Gasteiger partial charge in [-0.05, 0) is 42.5 Å². The summed E-state index contributed by atoms with van der Waals surface area (Å²) in [6.45, 7) is 1.53. The Hall–Kier alpha value is -1.80. The highest BCUT2D eigenvalue weighted by atomic mass is 16.5. The minimum Gasteiger partial charge on any atom is -0.491 e. The van der Waals surface area contributed by atoms with Gasteiger partial charge in [-0.15, -0.1) is 0 Å². The van der Waals surface area contributed by atoms with Crippen molar-refractivity contribution in [3.8, 4) is 16.9 Å². The Morgan fingerprint density at radius 3 is 2.35 bits per heavy atom. The van der Waals surface area contributed by atoms with E-state index in [0.29, 0.717) is 6.61 Å². The molecule has 0 N–H and O–H groups in total. The van der Waals surface area contributed by atoms with Gasteiger partial charge in [-0.1, -0.05) is 42.5 Å². The molecule has 2 heteroatoms. The molecule has 1 aliphatic heterocycles. The molecule has 0 saturated carbocycles. The van der Waals surface area contributed by atoms with Crippen molar-refractivity contribution in [3.63, 3.8) is 0 Å². The summed E-state index contributed by atoms with van der Waals surface area (Å²) >= 11 is 0. The summed E-state index contributed by atoms with van der Waals surface area (Å²) in [5, 5.41) is 0. The lowest BCUT2D eigenvalue weighted by Crippen LogP contribution is -2.25. The molecule has 0 radical (unpaired) electrons. The van der Waals surface area contributed by atoms with Crippen LogP contribution in [0.1, 0.15) is 19.3 Å². The molecular formula is C18H20O2. The Kier molecular flexibility index (Phi) is 4.34. The standard InChI is InChI=1S/C18H20O2/c1-2-6-15(7-3-1)16-9-11-17(12-10-16)20-14-18-8-4-5-13-19-18/h1-3,6-7,9-12,18H,4-5,8,13-14H2. The zero-order valence-electron chi connectivity index (χ0n) is 11.6. The molecular weight excluding hydrogens is 248 g/mol. The van der Waals surface area contributed by atoms with Crippen LogP contribution in [0.5, 0.6) is 5.75 Å². The molecule has 0 spiro atoms. The van der Waals surface area contributed by atoms with Gasteiger partial charge in [0.2, 0.25) is 0 Å². The molecule has 0 aliphatic carbocycles. The third-order valence-corrected chi connectivity index (χ3v) is 3.67. The molecule has 20 heavy (non-hydrogen) atoms. The smallest absolute Gasteiger partial charge is 0.119 e. The fourth-order valence-electron chi connectivity index (χ4n) is 2.50. The van der Waals surface area contributed by atoms with E-state index in [1.54, 1.807) is 0 Å². The van der Waals surface area contributed by atoms with Crippen molar-refractivity contribution >= 4 is 0 Å². The summed E-state index contributed by atoms with van der Waals surface area (Å²) in [5.74, 6) is 0.916. The first kappa shape index (κ1) is 13.2. The van der Waals surface area contributed by atoms with Crippen LogP contribution in [0.3, 0.4) is 0 Å². The number of ether oxygens (including phenoxy) is 2. The van der Waals surface area contributed by atoms with Crippen molar-refractivity contribution in [1.29, 1.82) is 0 Å². The van der Waals surface area contributed by atoms with Crippen LogP contribution in [0, 0.1) is 0 Å². The van der Waals surface area contributed by atoms with E-state index in [2.05, 4.69) is 36.4 Å². The fourth-order valence-corrected chi connectivity index (χ4v) is 2.50. The second-order valence-electron chi connectivity index (χ2n) is 5.19. The minimum absolute atomic E-state index is 0.262. The normalized spacial score (nSPS) is 18.7. The van der Waals surface area contributed by atoms with E-state index in [9.17, 15) is 0 Å².